The van der Waals surface area contributed by atoms with Crippen molar-refractivity contribution >= 4 is 35.3 Å². The number of benzene rings is 2. The van der Waals surface area contributed by atoms with Gasteiger partial charge in [0, 0.05) is 43.2 Å². The Hall–Kier alpha value is -2.02. The van der Waals surface area contributed by atoms with Crippen LogP contribution in [0.4, 0.5) is 0 Å². The van der Waals surface area contributed by atoms with Gasteiger partial charge in [-0.15, -0.1) is 0 Å². The third-order valence-electron chi connectivity index (χ3n) is 7.27. The molecule has 0 bridgehead atoms. The maximum absolute atomic E-state index is 11.7. The molecule has 0 spiro atoms. The van der Waals surface area contributed by atoms with Gasteiger partial charge < -0.3 is 15.0 Å². The molecule has 1 aromatic heterocycles. The number of nitrogens with two attached hydrogens (primary N) is 1. The van der Waals surface area contributed by atoms with Crippen LogP contribution in [-0.2, 0) is 16.4 Å². The second-order valence-corrected chi connectivity index (χ2v) is 12.9. The van der Waals surface area contributed by atoms with E-state index in [2.05, 4.69) is 41.5 Å². The molecule has 0 saturated carbocycles. The van der Waals surface area contributed by atoms with E-state index in [1.165, 1.54) is 50.7 Å². The van der Waals surface area contributed by atoms with E-state index in [4.69, 9.17) is 15.0 Å². The molecule has 11 heteroatoms. The molecule has 1 heterocycles. The first-order valence-electron chi connectivity index (χ1n) is 14.9. The van der Waals surface area contributed by atoms with Gasteiger partial charge in [-0.1, -0.05) is 32.1 Å². The topological polar surface area (TPSA) is 102 Å². The van der Waals surface area contributed by atoms with Gasteiger partial charge in [0.05, 0.1) is 29.1 Å². The Kier molecular flexibility index (Phi) is 15.3. The number of rotatable bonds is 21. The van der Waals surface area contributed by atoms with Crippen molar-refractivity contribution in [2.24, 2.45) is 5.14 Å². The number of sulfonamides is 1. The van der Waals surface area contributed by atoms with Crippen LogP contribution in [0.25, 0.3) is 16.9 Å². The van der Waals surface area contributed by atoms with Gasteiger partial charge in [-0.2, -0.15) is 30.4 Å². The van der Waals surface area contributed by atoms with Gasteiger partial charge in [-0.3, -0.25) is 0 Å². The summed E-state index contributed by atoms with van der Waals surface area (Å²) in [5, 5.41) is 13.6. The van der Waals surface area contributed by atoms with Crippen molar-refractivity contribution < 1.29 is 13.2 Å². The zero-order valence-corrected chi connectivity index (χ0v) is 27.4. The molecule has 42 heavy (non-hydrogen) atoms. The highest BCUT2D eigenvalue weighted by Gasteiger charge is 2.14. The van der Waals surface area contributed by atoms with E-state index in [-0.39, 0.29) is 4.90 Å². The normalized spacial score (nSPS) is 11.8. The Bertz CT molecular complexity index is 1280. The highest BCUT2D eigenvalue weighted by Crippen LogP contribution is 2.27. The number of methoxy groups -OCH3 is 1. The van der Waals surface area contributed by atoms with Crippen molar-refractivity contribution in [3.8, 4) is 22.7 Å². The Balaban J connectivity index is 1.48. The molecule has 0 amide bonds. The summed E-state index contributed by atoms with van der Waals surface area (Å²) in [6, 6.07) is 16.5. The Morgan fingerprint density at radius 3 is 2.14 bits per heavy atom. The van der Waals surface area contributed by atoms with Crippen LogP contribution in [0.2, 0.25) is 0 Å². The maximum atomic E-state index is 11.7. The van der Waals surface area contributed by atoms with Crippen LogP contribution in [0.3, 0.4) is 0 Å². The van der Waals surface area contributed by atoms with Crippen LogP contribution in [0.5, 0.6) is 5.75 Å². The van der Waals surface area contributed by atoms with Crippen LogP contribution in [-0.4, -0.2) is 74.4 Å². The van der Waals surface area contributed by atoms with E-state index < -0.39 is 10.0 Å². The van der Waals surface area contributed by atoms with Crippen LogP contribution in [0, 0.1) is 0 Å². The maximum Gasteiger partial charge on any atom is 0.238 e. The van der Waals surface area contributed by atoms with E-state index in [0.29, 0.717) is 0 Å². The first-order valence-corrected chi connectivity index (χ1v) is 17.7. The fourth-order valence-corrected chi connectivity index (χ4v) is 5.89. The largest absolute Gasteiger partial charge is 0.497 e. The second kappa shape index (κ2) is 18.6. The molecule has 8 nitrogen and oxygen atoms in total. The van der Waals surface area contributed by atoms with Crippen molar-refractivity contribution in [3.63, 3.8) is 0 Å². The number of thiol groups is 2. The number of aryl methyl sites for hydroxylation is 1. The molecule has 0 saturated heterocycles. The molecule has 0 aliphatic carbocycles. The molecular formula is C31H47N5O3S3. The predicted octanol–water partition coefficient (Wildman–Crippen LogP) is 5.22. The smallest absolute Gasteiger partial charge is 0.238 e. The molecule has 3 rings (SSSR count). The lowest BCUT2D eigenvalue weighted by molar-refractivity contribution is 0.283. The minimum atomic E-state index is -3.76. The number of unbranched alkanes of at least 4 members (excludes halogenated alkanes) is 6. The van der Waals surface area contributed by atoms with Gasteiger partial charge in [-0.25, -0.2) is 18.2 Å². The van der Waals surface area contributed by atoms with Crippen molar-refractivity contribution in [1.29, 1.82) is 0 Å². The molecule has 0 unspecified atom stereocenters. The summed E-state index contributed by atoms with van der Waals surface area (Å²) < 4.78 is 30.6. The zero-order valence-electron chi connectivity index (χ0n) is 24.7. The van der Waals surface area contributed by atoms with Crippen LogP contribution in [0.1, 0.15) is 50.6 Å². The summed E-state index contributed by atoms with van der Waals surface area (Å²) in [5.74, 6) is 2.56. The number of hydrogen-bond donors (Lipinski definition) is 4. The standard InChI is InChI=1S/C31H47N5O3S3/c1-39-29-14-10-26(11-15-29)31-25-27(34-36(31)28-12-16-30(17-13-28)42(32,37)38)9-7-5-3-2-4-6-8-20-35(22-24-41)21-18-33-19-23-40/h10-17,25,33,40-41H,2-9,18-24H2,1H3,(H2,32,37,38). The van der Waals surface area contributed by atoms with Crippen molar-refractivity contribution in [3.05, 3.63) is 60.3 Å². The molecule has 0 atom stereocenters. The molecule has 0 aliphatic rings. The SMILES string of the molecule is COc1ccc(-c2cc(CCCCCCCCCN(CCS)CCNCCS)nn2-c2ccc(S(N)(=O)=O)cc2)cc1. The average Bonchev–Trinajstić information content (AvgIpc) is 3.42. The second-order valence-electron chi connectivity index (χ2n) is 10.5. The molecule has 232 valence electrons. The number of aromatic nitrogens is 2. The van der Waals surface area contributed by atoms with Crippen LogP contribution >= 0.6 is 25.3 Å². The molecular weight excluding hydrogens is 587 g/mol. The molecule has 3 aromatic rings. The molecule has 2 aromatic carbocycles. The molecule has 0 fully saturated rings. The van der Waals surface area contributed by atoms with E-state index in [0.717, 1.165) is 85.5 Å². The average molecular weight is 634 g/mol. The van der Waals surface area contributed by atoms with Crippen molar-refractivity contribution in [2.45, 2.75) is 56.3 Å². The van der Waals surface area contributed by atoms with Crippen molar-refractivity contribution in [2.75, 3.05) is 51.3 Å². The Morgan fingerprint density at radius 1 is 0.857 bits per heavy atom. The molecule has 0 aliphatic heterocycles. The van der Waals surface area contributed by atoms with E-state index in [1.807, 2.05) is 28.9 Å². The monoisotopic (exact) mass is 633 g/mol. The minimum Gasteiger partial charge on any atom is -0.497 e. The van der Waals surface area contributed by atoms with Gasteiger partial charge in [0.15, 0.2) is 0 Å². The van der Waals surface area contributed by atoms with Crippen LogP contribution < -0.4 is 15.2 Å². The molecule has 3 N–H and O–H groups in total. The number of primary sulfonamides is 1. The molecule has 0 radical (unpaired) electrons. The summed E-state index contributed by atoms with van der Waals surface area (Å²) in [6.07, 6.45) is 9.43. The zero-order chi connectivity index (χ0) is 30.2. The van der Waals surface area contributed by atoms with E-state index >= 15 is 0 Å². The van der Waals surface area contributed by atoms with Crippen LogP contribution in [0.15, 0.2) is 59.5 Å². The third kappa shape index (κ3) is 11.6. The highest BCUT2D eigenvalue weighted by atomic mass is 32.2. The number of nitrogens with one attached hydrogen (secondary N) is 1. The fraction of sp³-hybridized carbons (Fsp3) is 0.516. The van der Waals surface area contributed by atoms with E-state index in [9.17, 15) is 8.42 Å². The van der Waals surface area contributed by atoms with Crippen molar-refractivity contribution in [1.82, 2.24) is 20.0 Å². The minimum absolute atomic E-state index is 0.0804. The van der Waals surface area contributed by atoms with Gasteiger partial charge >= 0.3 is 0 Å². The first-order chi connectivity index (χ1) is 20.4. The van der Waals surface area contributed by atoms with Gasteiger partial charge in [0.25, 0.3) is 0 Å². The third-order valence-corrected chi connectivity index (χ3v) is 8.63. The van der Waals surface area contributed by atoms with Gasteiger partial charge in [-0.05, 0) is 80.4 Å². The summed E-state index contributed by atoms with van der Waals surface area (Å²) in [7, 11) is -2.11. The Labute approximate surface area is 263 Å². The lowest BCUT2D eigenvalue weighted by atomic mass is 10.1. The summed E-state index contributed by atoms with van der Waals surface area (Å²) in [4.78, 5) is 2.59. The predicted molar refractivity (Wildman–Crippen MR) is 180 cm³/mol. The first kappa shape index (κ1) is 34.5. The van der Waals surface area contributed by atoms with Gasteiger partial charge in [0.2, 0.25) is 10.0 Å². The quantitative estimate of drug-likeness (QED) is 0.0948. The summed E-state index contributed by atoms with van der Waals surface area (Å²) in [6.45, 7) is 5.24. The van der Waals surface area contributed by atoms with E-state index in [1.54, 1.807) is 19.2 Å². The summed E-state index contributed by atoms with van der Waals surface area (Å²) in [5.41, 5.74) is 3.75. The number of hydrogen-bond acceptors (Lipinski definition) is 8. The highest BCUT2D eigenvalue weighted by molar-refractivity contribution is 7.89. The lowest BCUT2D eigenvalue weighted by Crippen LogP contribution is -2.34. The summed E-state index contributed by atoms with van der Waals surface area (Å²) >= 11 is 8.66. The Morgan fingerprint density at radius 2 is 1.52 bits per heavy atom. The lowest BCUT2D eigenvalue weighted by Gasteiger charge is -2.21. The fourth-order valence-electron chi connectivity index (χ4n) is 4.94. The number of ether oxygens (including phenoxy) is 1. The van der Waals surface area contributed by atoms with Gasteiger partial charge in [0.1, 0.15) is 5.75 Å². The number of nitrogens with zero attached hydrogens (tertiary/aromatic N) is 3.